The number of nitrogens with one attached hydrogen (secondary N) is 2. The molecule has 6 rings (SSSR count). The Hall–Kier alpha value is -3.80. The molecule has 4 aromatic rings. The number of piperidine rings is 1. The van der Waals surface area contributed by atoms with E-state index in [1.807, 2.05) is 24.3 Å². The van der Waals surface area contributed by atoms with Gasteiger partial charge in [-0.05, 0) is 84.5 Å². The van der Waals surface area contributed by atoms with E-state index in [0.29, 0.717) is 6.54 Å². The maximum absolute atomic E-state index is 12.7. The number of H-pyrrole nitrogens is 1. The summed E-state index contributed by atoms with van der Waals surface area (Å²) < 4.78 is 0. The fourth-order valence-electron chi connectivity index (χ4n) is 4.85. The lowest BCUT2D eigenvalue weighted by Gasteiger charge is -2.29. The number of aromatic amines is 1. The second kappa shape index (κ2) is 7.41. The second-order valence-electron chi connectivity index (χ2n) is 8.62. The average Bonchev–Trinajstić information content (AvgIpc) is 3.42. The molecule has 0 atom stereocenters. The monoisotopic (exact) mass is 424 g/mol. The Morgan fingerprint density at radius 3 is 2.50 bits per heavy atom. The lowest BCUT2D eigenvalue weighted by molar-refractivity contribution is 0.0966. The van der Waals surface area contributed by atoms with E-state index in [-0.39, 0.29) is 11.7 Å². The smallest absolute Gasteiger partial charge is 0.252 e. The number of nitrogens with zero attached hydrogens (tertiary/aromatic N) is 2. The van der Waals surface area contributed by atoms with E-state index in [0.717, 1.165) is 57.8 Å². The van der Waals surface area contributed by atoms with Gasteiger partial charge in [0.15, 0.2) is 0 Å². The summed E-state index contributed by atoms with van der Waals surface area (Å²) in [5.41, 5.74) is 7.72. The van der Waals surface area contributed by atoms with Gasteiger partial charge in [-0.15, -0.1) is 0 Å². The highest BCUT2D eigenvalue weighted by atomic mass is 16.3. The summed E-state index contributed by atoms with van der Waals surface area (Å²) in [6.07, 6.45) is 3.71. The molecule has 0 bridgehead atoms. The Labute approximate surface area is 185 Å². The molecule has 1 fully saturated rings. The van der Waals surface area contributed by atoms with Crippen molar-refractivity contribution >= 4 is 22.6 Å². The first-order valence-electron chi connectivity index (χ1n) is 11.2. The van der Waals surface area contributed by atoms with Gasteiger partial charge >= 0.3 is 0 Å². The van der Waals surface area contributed by atoms with Gasteiger partial charge in [-0.2, -0.15) is 0 Å². The SMILES string of the molecule is O=C1NCc2cc(N3CCCCC3)cc(-c3ccc4nc(-c5ccc(O)cc5)[nH]c4c3)c21. The zero-order valence-corrected chi connectivity index (χ0v) is 17.7. The van der Waals surface area contributed by atoms with Crippen LogP contribution in [0.2, 0.25) is 0 Å². The lowest BCUT2D eigenvalue weighted by Crippen LogP contribution is -2.29. The van der Waals surface area contributed by atoms with Crippen molar-refractivity contribution in [1.29, 1.82) is 0 Å². The van der Waals surface area contributed by atoms with E-state index in [1.165, 1.54) is 24.9 Å². The minimum absolute atomic E-state index is 0.00492. The Bertz CT molecular complexity index is 1330. The summed E-state index contributed by atoms with van der Waals surface area (Å²) in [7, 11) is 0. The minimum atomic E-state index is -0.00492. The number of aromatic hydroxyl groups is 1. The number of phenolic OH excluding ortho intramolecular Hbond substituents is 1. The molecule has 0 unspecified atom stereocenters. The van der Waals surface area contributed by atoms with Crippen molar-refractivity contribution in [3.8, 4) is 28.3 Å². The minimum Gasteiger partial charge on any atom is -0.508 e. The highest BCUT2D eigenvalue weighted by molar-refractivity contribution is 6.06. The molecule has 0 spiro atoms. The Kier molecular flexibility index (Phi) is 4.38. The number of hydrogen-bond acceptors (Lipinski definition) is 4. The number of hydrogen-bond donors (Lipinski definition) is 3. The van der Waals surface area contributed by atoms with Crippen molar-refractivity contribution in [2.24, 2.45) is 0 Å². The van der Waals surface area contributed by atoms with Crippen molar-refractivity contribution < 1.29 is 9.90 Å². The summed E-state index contributed by atoms with van der Waals surface area (Å²) in [6.45, 7) is 2.71. The van der Waals surface area contributed by atoms with Crippen LogP contribution >= 0.6 is 0 Å². The summed E-state index contributed by atoms with van der Waals surface area (Å²) in [5, 5.41) is 12.5. The van der Waals surface area contributed by atoms with Gasteiger partial charge in [0.05, 0.1) is 16.6 Å². The van der Waals surface area contributed by atoms with Crippen molar-refractivity contribution in [3.05, 3.63) is 65.7 Å². The lowest BCUT2D eigenvalue weighted by atomic mass is 9.94. The van der Waals surface area contributed by atoms with Crippen molar-refractivity contribution in [2.45, 2.75) is 25.8 Å². The summed E-state index contributed by atoms with van der Waals surface area (Å²) in [5.74, 6) is 0.977. The van der Waals surface area contributed by atoms with Gasteiger partial charge in [0.2, 0.25) is 0 Å². The van der Waals surface area contributed by atoms with Crippen LogP contribution < -0.4 is 10.2 Å². The highest BCUT2D eigenvalue weighted by Gasteiger charge is 2.26. The van der Waals surface area contributed by atoms with Gasteiger partial charge in [-0.1, -0.05) is 6.07 Å². The largest absolute Gasteiger partial charge is 0.508 e. The van der Waals surface area contributed by atoms with Gasteiger partial charge in [0.25, 0.3) is 5.91 Å². The third kappa shape index (κ3) is 3.19. The molecular weight excluding hydrogens is 400 g/mol. The van der Waals surface area contributed by atoms with Crippen LogP contribution in [0.5, 0.6) is 5.75 Å². The number of aromatic nitrogens is 2. The Morgan fingerprint density at radius 1 is 0.906 bits per heavy atom. The number of rotatable bonds is 3. The fourth-order valence-corrected chi connectivity index (χ4v) is 4.85. The number of carbonyl (C=O) groups excluding carboxylic acids is 1. The van der Waals surface area contributed by atoms with Crippen LogP contribution in [0.4, 0.5) is 5.69 Å². The first kappa shape index (κ1) is 18.9. The second-order valence-corrected chi connectivity index (χ2v) is 8.62. The van der Waals surface area contributed by atoms with Gasteiger partial charge in [-0.3, -0.25) is 4.79 Å². The van der Waals surface area contributed by atoms with E-state index in [4.69, 9.17) is 4.98 Å². The number of anilines is 1. The zero-order chi connectivity index (χ0) is 21.7. The number of imidazole rings is 1. The topological polar surface area (TPSA) is 81.2 Å². The van der Waals surface area contributed by atoms with Gasteiger partial charge in [-0.25, -0.2) is 4.98 Å². The first-order valence-corrected chi connectivity index (χ1v) is 11.2. The number of fused-ring (bicyclic) bond motifs is 2. The van der Waals surface area contributed by atoms with Gasteiger partial charge < -0.3 is 20.3 Å². The number of amides is 1. The number of carbonyl (C=O) groups is 1. The van der Waals surface area contributed by atoms with Crippen LogP contribution in [0.15, 0.2) is 54.6 Å². The average molecular weight is 425 g/mol. The first-order chi connectivity index (χ1) is 15.7. The summed E-state index contributed by atoms with van der Waals surface area (Å²) in [4.78, 5) is 23.2. The summed E-state index contributed by atoms with van der Waals surface area (Å²) >= 11 is 0. The maximum atomic E-state index is 12.7. The molecule has 0 saturated carbocycles. The fraction of sp³-hybridized carbons (Fsp3) is 0.231. The molecule has 1 saturated heterocycles. The van der Waals surface area contributed by atoms with E-state index >= 15 is 0 Å². The molecule has 160 valence electrons. The standard InChI is InChI=1S/C26H24N4O2/c31-20-7-4-16(5-8-20)25-28-22-9-6-17(13-23(22)29-25)21-14-19(30-10-2-1-3-11-30)12-18-15-27-26(32)24(18)21/h4-9,12-14,31H,1-3,10-11,15H2,(H,27,32)(H,28,29). The normalized spacial score (nSPS) is 15.8. The maximum Gasteiger partial charge on any atom is 0.252 e. The van der Waals surface area contributed by atoms with E-state index in [2.05, 4.69) is 33.4 Å². The van der Waals surface area contributed by atoms with Crippen LogP contribution in [0, 0.1) is 0 Å². The molecule has 32 heavy (non-hydrogen) atoms. The molecule has 2 aliphatic heterocycles. The predicted octanol–water partition coefficient (Wildman–Crippen LogP) is 4.84. The molecule has 2 aliphatic rings. The molecule has 1 amide bonds. The molecule has 3 N–H and O–H groups in total. The molecule has 6 heteroatoms. The molecule has 0 radical (unpaired) electrons. The molecule has 6 nitrogen and oxygen atoms in total. The highest BCUT2D eigenvalue weighted by Crippen LogP contribution is 2.36. The molecule has 1 aromatic heterocycles. The van der Waals surface area contributed by atoms with Crippen LogP contribution in [-0.2, 0) is 6.54 Å². The molecular formula is C26H24N4O2. The zero-order valence-electron chi connectivity index (χ0n) is 17.7. The van der Waals surface area contributed by atoms with Crippen LogP contribution in [-0.4, -0.2) is 34.1 Å². The van der Waals surface area contributed by atoms with Crippen molar-refractivity contribution in [3.63, 3.8) is 0 Å². The Morgan fingerprint density at radius 2 is 1.69 bits per heavy atom. The quantitative estimate of drug-likeness (QED) is 0.440. The third-order valence-electron chi connectivity index (χ3n) is 6.53. The van der Waals surface area contributed by atoms with Crippen LogP contribution in [0.1, 0.15) is 35.2 Å². The van der Waals surface area contributed by atoms with Gasteiger partial charge in [0, 0.05) is 30.9 Å². The van der Waals surface area contributed by atoms with Gasteiger partial charge in [0.1, 0.15) is 11.6 Å². The molecule has 3 aromatic carbocycles. The number of benzene rings is 3. The molecule has 3 heterocycles. The van der Waals surface area contributed by atoms with Crippen LogP contribution in [0.25, 0.3) is 33.5 Å². The van der Waals surface area contributed by atoms with Crippen LogP contribution in [0.3, 0.4) is 0 Å². The van der Waals surface area contributed by atoms with Crippen molar-refractivity contribution in [2.75, 3.05) is 18.0 Å². The van der Waals surface area contributed by atoms with Crippen molar-refractivity contribution in [1.82, 2.24) is 15.3 Å². The Balaban J connectivity index is 1.45. The van der Waals surface area contributed by atoms with E-state index in [1.54, 1.807) is 12.1 Å². The summed E-state index contributed by atoms with van der Waals surface area (Å²) in [6, 6.07) is 17.5. The van der Waals surface area contributed by atoms with E-state index in [9.17, 15) is 9.90 Å². The van der Waals surface area contributed by atoms with E-state index < -0.39 is 0 Å². The number of phenols is 1. The molecule has 0 aliphatic carbocycles. The predicted molar refractivity (Wildman–Crippen MR) is 126 cm³/mol. The third-order valence-corrected chi connectivity index (χ3v) is 6.53.